The number of thiocarbonyl (C=S) groups is 1. The molecule has 4 nitrogen and oxygen atoms in total. The van der Waals surface area contributed by atoms with E-state index >= 15 is 0 Å². The van der Waals surface area contributed by atoms with Gasteiger partial charge in [0.05, 0.1) is 17.2 Å². The molecule has 0 amide bonds. The third-order valence-electron chi connectivity index (χ3n) is 3.19. The number of halogens is 2. The normalized spacial score (nSPS) is 10.3. The molecule has 2 aromatic rings. The van der Waals surface area contributed by atoms with Gasteiger partial charge in [0, 0.05) is 27.9 Å². The summed E-state index contributed by atoms with van der Waals surface area (Å²) in [7, 11) is 0. The molecule has 0 saturated heterocycles. The Morgan fingerprint density at radius 3 is 2.58 bits per heavy atom. The van der Waals surface area contributed by atoms with Crippen LogP contribution in [0.25, 0.3) is 0 Å². The Balaban J connectivity index is 1.77. The second kappa shape index (κ2) is 10.6. The standard InChI is InChI=1S/C18H18Cl2N2O2S2/c1-2-24-17(23)15-8-5-13(11-16(15)20)22-18(25)21-9-10-26-14-6-3-12(19)4-7-14/h3-8,11H,2,9-10H2,1H3,(H2,21,22,25). The lowest BCUT2D eigenvalue weighted by atomic mass is 10.2. The Hall–Kier alpha value is -1.47. The quantitative estimate of drug-likeness (QED) is 0.271. The van der Waals surface area contributed by atoms with Crippen molar-refractivity contribution in [3.8, 4) is 0 Å². The topological polar surface area (TPSA) is 50.4 Å². The number of hydrogen-bond donors (Lipinski definition) is 2. The summed E-state index contributed by atoms with van der Waals surface area (Å²) in [5.74, 6) is 0.412. The molecule has 0 atom stereocenters. The molecule has 0 bridgehead atoms. The van der Waals surface area contributed by atoms with E-state index < -0.39 is 5.97 Å². The molecule has 8 heteroatoms. The molecular formula is C18H18Cl2N2O2S2. The first-order chi connectivity index (χ1) is 12.5. The summed E-state index contributed by atoms with van der Waals surface area (Å²) >= 11 is 19.0. The van der Waals surface area contributed by atoms with Crippen molar-refractivity contribution in [2.75, 3.05) is 24.2 Å². The minimum absolute atomic E-state index is 0.303. The van der Waals surface area contributed by atoms with Crippen LogP contribution in [0.15, 0.2) is 47.4 Å². The molecule has 2 aromatic carbocycles. The molecule has 0 fully saturated rings. The lowest BCUT2D eigenvalue weighted by molar-refractivity contribution is 0.0526. The molecule has 0 unspecified atom stereocenters. The maximum Gasteiger partial charge on any atom is 0.339 e. The second-order valence-electron chi connectivity index (χ2n) is 5.10. The van der Waals surface area contributed by atoms with Gasteiger partial charge >= 0.3 is 5.97 Å². The number of thioether (sulfide) groups is 1. The van der Waals surface area contributed by atoms with Gasteiger partial charge in [-0.3, -0.25) is 0 Å². The molecule has 0 aliphatic carbocycles. The molecular weight excluding hydrogens is 411 g/mol. The highest BCUT2D eigenvalue weighted by atomic mass is 35.5. The zero-order valence-corrected chi connectivity index (χ0v) is 17.2. The Labute approximate surface area is 172 Å². The number of ether oxygens (including phenoxy) is 1. The van der Waals surface area contributed by atoms with Gasteiger partial charge in [0.15, 0.2) is 5.11 Å². The molecule has 0 heterocycles. The second-order valence-corrected chi connectivity index (χ2v) is 7.52. The minimum Gasteiger partial charge on any atom is -0.462 e. The Morgan fingerprint density at radius 2 is 1.92 bits per heavy atom. The van der Waals surface area contributed by atoms with Crippen molar-refractivity contribution in [3.63, 3.8) is 0 Å². The fourth-order valence-corrected chi connectivity index (χ4v) is 3.38. The van der Waals surface area contributed by atoms with Crippen molar-refractivity contribution in [1.82, 2.24) is 5.32 Å². The summed E-state index contributed by atoms with van der Waals surface area (Å²) in [4.78, 5) is 12.9. The zero-order chi connectivity index (χ0) is 18.9. The van der Waals surface area contributed by atoms with Crippen molar-refractivity contribution in [3.05, 3.63) is 58.1 Å². The number of hydrogen-bond acceptors (Lipinski definition) is 4. The number of carbonyl (C=O) groups excluding carboxylic acids is 1. The van der Waals surface area contributed by atoms with E-state index in [1.807, 2.05) is 24.3 Å². The van der Waals surface area contributed by atoms with Gasteiger partial charge in [0.25, 0.3) is 0 Å². The van der Waals surface area contributed by atoms with E-state index in [0.717, 1.165) is 15.7 Å². The van der Waals surface area contributed by atoms with Crippen LogP contribution in [0.3, 0.4) is 0 Å². The SMILES string of the molecule is CCOC(=O)c1ccc(NC(=S)NCCSc2ccc(Cl)cc2)cc1Cl. The summed E-state index contributed by atoms with van der Waals surface area (Å²) in [6.45, 7) is 2.75. The van der Waals surface area contributed by atoms with Gasteiger partial charge in [-0.1, -0.05) is 23.2 Å². The third kappa shape index (κ3) is 6.68. The van der Waals surface area contributed by atoms with Crippen molar-refractivity contribution < 1.29 is 9.53 Å². The van der Waals surface area contributed by atoms with Gasteiger partial charge in [-0.25, -0.2) is 4.79 Å². The number of benzene rings is 2. The first-order valence-corrected chi connectivity index (χ1v) is 10.0. The van der Waals surface area contributed by atoms with E-state index in [2.05, 4.69) is 10.6 Å². The summed E-state index contributed by atoms with van der Waals surface area (Å²) in [6.07, 6.45) is 0. The Bertz CT molecular complexity index is 770. The number of anilines is 1. The largest absolute Gasteiger partial charge is 0.462 e. The van der Waals surface area contributed by atoms with E-state index in [1.165, 1.54) is 0 Å². The maximum absolute atomic E-state index is 11.7. The average molecular weight is 429 g/mol. The predicted octanol–water partition coefficient (Wildman–Crippen LogP) is 5.25. The van der Waals surface area contributed by atoms with Gasteiger partial charge in [0.2, 0.25) is 0 Å². The molecule has 2 N–H and O–H groups in total. The van der Waals surface area contributed by atoms with Crippen LogP contribution in [0.1, 0.15) is 17.3 Å². The highest BCUT2D eigenvalue weighted by Crippen LogP contribution is 2.22. The van der Waals surface area contributed by atoms with Crippen LogP contribution < -0.4 is 10.6 Å². The summed E-state index contributed by atoms with van der Waals surface area (Å²) in [6, 6.07) is 12.7. The van der Waals surface area contributed by atoms with Crippen LogP contribution in [-0.2, 0) is 4.74 Å². The Morgan fingerprint density at radius 1 is 1.19 bits per heavy atom. The lowest BCUT2D eigenvalue weighted by Crippen LogP contribution is -2.30. The minimum atomic E-state index is -0.441. The monoisotopic (exact) mass is 428 g/mol. The number of rotatable bonds is 7. The van der Waals surface area contributed by atoms with Crippen molar-refractivity contribution in [1.29, 1.82) is 0 Å². The molecule has 2 rings (SSSR count). The van der Waals surface area contributed by atoms with Crippen LogP contribution in [0.2, 0.25) is 10.0 Å². The smallest absolute Gasteiger partial charge is 0.339 e. The van der Waals surface area contributed by atoms with E-state index in [0.29, 0.717) is 34.5 Å². The first-order valence-electron chi connectivity index (χ1n) is 7.89. The summed E-state index contributed by atoms with van der Waals surface area (Å²) in [5.41, 5.74) is 1.03. The molecule has 0 aliphatic heterocycles. The van der Waals surface area contributed by atoms with Crippen LogP contribution in [0.5, 0.6) is 0 Å². The van der Waals surface area contributed by atoms with E-state index in [9.17, 15) is 4.79 Å². The van der Waals surface area contributed by atoms with E-state index in [1.54, 1.807) is 36.9 Å². The molecule has 0 saturated carbocycles. The number of nitrogens with one attached hydrogen (secondary N) is 2. The molecule has 138 valence electrons. The number of esters is 1. The summed E-state index contributed by atoms with van der Waals surface area (Å²) in [5, 5.41) is 7.70. The van der Waals surface area contributed by atoms with Gasteiger partial charge in [0.1, 0.15) is 0 Å². The Kier molecular flexibility index (Phi) is 8.51. The fourth-order valence-electron chi connectivity index (χ4n) is 2.01. The molecule has 0 spiro atoms. The lowest BCUT2D eigenvalue weighted by Gasteiger charge is -2.12. The third-order valence-corrected chi connectivity index (χ3v) is 5.02. The van der Waals surface area contributed by atoms with Crippen LogP contribution in [0, 0.1) is 0 Å². The predicted molar refractivity (Wildman–Crippen MR) is 114 cm³/mol. The zero-order valence-electron chi connectivity index (χ0n) is 14.1. The highest BCUT2D eigenvalue weighted by molar-refractivity contribution is 7.99. The van der Waals surface area contributed by atoms with Gasteiger partial charge in [-0.15, -0.1) is 11.8 Å². The fraction of sp³-hybridized carbons (Fsp3) is 0.222. The first kappa shape index (κ1) is 20.8. The number of carbonyl (C=O) groups is 1. The highest BCUT2D eigenvalue weighted by Gasteiger charge is 2.12. The van der Waals surface area contributed by atoms with Gasteiger partial charge in [-0.2, -0.15) is 0 Å². The molecule has 26 heavy (non-hydrogen) atoms. The van der Waals surface area contributed by atoms with Crippen molar-refractivity contribution in [2.45, 2.75) is 11.8 Å². The van der Waals surface area contributed by atoms with Crippen molar-refractivity contribution >= 4 is 64.0 Å². The van der Waals surface area contributed by atoms with Crippen LogP contribution >= 0.6 is 47.2 Å². The summed E-state index contributed by atoms with van der Waals surface area (Å²) < 4.78 is 4.95. The average Bonchev–Trinajstić information content (AvgIpc) is 2.60. The van der Waals surface area contributed by atoms with Crippen molar-refractivity contribution in [2.24, 2.45) is 0 Å². The molecule has 0 radical (unpaired) electrons. The van der Waals surface area contributed by atoms with Gasteiger partial charge in [-0.05, 0) is 61.6 Å². The maximum atomic E-state index is 11.7. The molecule has 0 aliphatic rings. The van der Waals surface area contributed by atoms with Crippen LogP contribution in [-0.4, -0.2) is 30.0 Å². The van der Waals surface area contributed by atoms with E-state index in [-0.39, 0.29) is 0 Å². The molecule has 0 aromatic heterocycles. The van der Waals surface area contributed by atoms with E-state index in [4.69, 9.17) is 40.2 Å². The van der Waals surface area contributed by atoms with Gasteiger partial charge < -0.3 is 15.4 Å². The van der Waals surface area contributed by atoms with Crippen LogP contribution in [0.4, 0.5) is 5.69 Å².